The molecule has 1 aromatic rings. The molecule has 2 atom stereocenters. The van der Waals surface area contributed by atoms with E-state index in [1.54, 1.807) is 0 Å². The van der Waals surface area contributed by atoms with Crippen LogP contribution in [0.3, 0.4) is 0 Å². The van der Waals surface area contributed by atoms with Crippen LogP contribution in [0.2, 0.25) is 0 Å². The molecule has 1 aromatic carbocycles. The van der Waals surface area contributed by atoms with Gasteiger partial charge < -0.3 is 4.74 Å². The van der Waals surface area contributed by atoms with Gasteiger partial charge in [0.1, 0.15) is 13.3 Å². The lowest BCUT2D eigenvalue weighted by molar-refractivity contribution is 0.0761. The van der Waals surface area contributed by atoms with Gasteiger partial charge >= 0.3 is 6.09 Å². The zero-order valence-electron chi connectivity index (χ0n) is 10.5. The van der Waals surface area contributed by atoms with E-state index >= 15 is 0 Å². The summed E-state index contributed by atoms with van der Waals surface area (Å²) in [5.74, 6) is 0. The molecule has 1 aliphatic heterocycles. The molecule has 0 N–H and O–H groups in total. The summed E-state index contributed by atoms with van der Waals surface area (Å²) in [6.07, 6.45) is 1.15. The minimum absolute atomic E-state index is 0.0639. The number of rotatable bonds is 3. The Morgan fingerprint density at radius 1 is 1.39 bits per heavy atom. The number of nitrogens with zero attached hydrogens (tertiary/aromatic N) is 1. The van der Waals surface area contributed by atoms with Crippen LogP contribution in [0.15, 0.2) is 30.3 Å². The van der Waals surface area contributed by atoms with Crippen LogP contribution in [0.4, 0.5) is 9.18 Å². The third kappa shape index (κ3) is 2.81. The third-order valence-electron chi connectivity index (χ3n) is 3.38. The average molecular weight is 251 g/mol. The minimum atomic E-state index is -0.495. The van der Waals surface area contributed by atoms with Gasteiger partial charge in [-0.3, -0.25) is 4.90 Å². The number of halogens is 1. The Balaban J connectivity index is 1.91. The molecule has 0 aromatic heterocycles. The summed E-state index contributed by atoms with van der Waals surface area (Å²) in [4.78, 5) is 13.5. The first-order valence-corrected chi connectivity index (χ1v) is 6.27. The summed E-state index contributed by atoms with van der Waals surface area (Å²) in [7, 11) is 0. The maximum atomic E-state index is 12.8. The second-order valence-electron chi connectivity index (χ2n) is 4.68. The van der Waals surface area contributed by atoms with Gasteiger partial charge in [0.25, 0.3) is 0 Å². The van der Waals surface area contributed by atoms with E-state index in [1.807, 2.05) is 37.3 Å². The van der Waals surface area contributed by atoms with E-state index in [1.165, 1.54) is 4.90 Å². The molecule has 18 heavy (non-hydrogen) atoms. The Bertz CT molecular complexity index is 396. The first kappa shape index (κ1) is 12.9. The Morgan fingerprint density at radius 3 is 2.78 bits per heavy atom. The Morgan fingerprint density at radius 2 is 2.11 bits per heavy atom. The van der Waals surface area contributed by atoms with Crippen LogP contribution in [0.25, 0.3) is 0 Å². The minimum Gasteiger partial charge on any atom is -0.445 e. The van der Waals surface area contributed by atoms with Crippen LogP contribution in [0.1, 0.15) is 25.3 Å². The molecule has 1 saturated heterocycles. The monoisotopic (exact) mass is 251 g/mol. The summed E-state index contributed by atoms with van der Waals surface area (Å²) in [6.45, 7) is 1.67. The van der Waals surface area contributed by atoms with Crippen molar-refractivity contribution < 1.29 is 13.9 Å². The molecule has 0 aliphatic carbocycles. The largest absolute Gasteiger partial charge is 0.445 e. The molecular formula is C14H18FNO2. The van der Waals surface area contributed by atoms with Crippen molar-refractivity contribution in [1.82, 2.24) is 4.90 Å². The number of carbonyl (C=O) groups is 1. The van der Waals surface area contributed by atoms with E-state index < -0.39 is 12.8 Å². The Hall–Kier alpha value is -1.58. The Labute approximate surface area is 107 Å². The number of amides is 1. The van der Waals surface area contributed by atoms with E-state index in [0.717, 1.165) is 18.4 Å². The van der Waals surface area contributed by atoms with E-state index in [4.69, 9.17) is 4.74 Å². The average Bonchev–Trinajstić information content (AvgIpc) is 2.78. The van der Waals surface area contributed by atoms with Crippen molar-refractivity contribution in [3.8, 4) is 0 Å². The molecule has 0 radical (unpaired) electrons. The van der Waals surface area contributed by atoms with Gasteiger partial charge in [-0.25, -0.2) is 9.18 Å². The van der Waals surface area contributed by atoms with Gasteiger partial charge in [0.15, 0.2) is 0 Å². The van der Waals surface area contributed by atoms with Gasteiger partial charge in [0.2, 0.25) is 0 Å². The molecule has 1 fully saturated rings. The molecule has 0 saturated carbocycles. The van der Waals surface area contributed by atoms with Gasteiger partial charge in [-0.2, -0.15) is 0 Å². The molecule has 1 amide bonds. The Kier molecular flexibility index (Phi) is 4.18. The topological polar surface area (TPSA) is 29.5 Å². The first-order chi connectivity index (χ1) is 8.72. The number of alkyl halides is 1. The van der Waals surface area contributed by atoms with Crippen molar-refractivity contribution in [2.45, 2.75) is 38.5 Å². The predicted octanol–water partition coefficient (Wildman–Crippen LogP) is 3.15. The van der Waals surface area contributed by atoms with E-state index in [9.17, 15) is 9.18 Å². The molecule has 4 heteroatoms. The van der Waals surface area contributed by atoms with Crippen molar-refractivity contribution in [3.05, 3.63) is 35.9 Å². The fourth-order valence-electron chi connectivity index (χ4n) is 2.35. The predicted molar refractivity (Wildman–Crippen MR) is 66.9 cm³/mol. The lowest BCUT2D eigenvalue weighted by Crippen LogP contribution is -2.41. The third-order valence-corrected chi connectivity index (χ3v) is 3.38. The molecule has 1 aliphatic rings. The molecular weight excluding hydrogens is 233 g/mol. The van der Waals surface area contributed by atoms with Crippen LogP contribution in [-0.2, 0) is 11.3 Å². The van der Waals surface area contributed by atoms with Crippen molar-refractivity contribution in [2.24, 2.45) is 0 Å². The molecule has 3 nitrogen and oxygen atoms in total. The van der Waals surface area contributed by atoms with Crippen molar-refractivity contribution in [3.63, 3.8) is 0 Å². The number of hydrogen-bond acceptors (Lipinski definition) is 2. The number of likely N-dealkylation sites (tertiary alicyclic amines) is 1. The molecule has 98 valence electrons. The molecule has 1 heterocycles. The summed E-state index contributed by atoms with van der Waals surface area (Å²) in [6, 6.07) is 9.24. The fourth-order valence-corrected chi connectivity index (χ4v) is 2.35. The SMILES string of the molecule is CC1CCC(CF)N1C(=O)OCc1ccccc1. The first-order valence-electron chi connectivity index (χ1n) is 6.27. The molecule has 2 unspecified atom stereocenters. The molecule has 0 spiro atoms. The van der Waals surface area contributed by atoms with Crippen LogP contribution in [0.5, 0.6) is 0 Å². The second-order valence-corrected chi connectivity index (χ2v) is 4.68. The summed E-state index contributed by atoms with van der Waals surface area (Å²) in [5, 5.41) is 0. The highest BCUT2D eigenvalue weighted by atomic mass is 19.1. The number of benzene rings is 1. The van der Waals surface area contributed by atoms with Crippen molar-refractivity contribution >= 4 is 6.09 Å². The zero-order chi connectivity index (χ0) is 13.0. The summed E-state index contributed by atoms with van der Waals surface area (Å²) >= 11 is 0. The smallest absolute Gasteiger partial charge is 0.410 e. The summed E-state index contributed by atoms with van der Waals surface area (Å²) in [5.41, 5.74) is 0.939. The molecule has 2 rings (SSSR count). The van der Waals surface area contributed by atoms with Crippen molar-refractivity contribution in [2.75, 3.05) is 6.67 Å². The van der Waals surface area contributed by atoms with Gasteiger partial charge in [0.05, 0.1) is 6.04 Å². The van der Waals surface area contributed by atoms with E-state index in [0.29, 0.717) is 0 Å². The highest BCUT2D eigenvalue weighted by Crippen LogP contribution is 2.25. The van der Waals surface area contributed by atoms with Crippen LogP contribution >= 0.6 is 0 Å². The van der Waals surface area contributed by atoms with Crippen LogP contribution < -0.4 is 0 Å². The fraction of sp³-hybridized carbons (Fsp3) is 0.500. The van der Waals surface area contributed by atoms with Crippen molar-refractivity contribution in [1.29, 1.82) is 0 Å². The maximum Gasteiger partial charge on any atom is 0.410 e. The zero-order valence-corrected chi connectivity index (χ0v) is 10.5. The van der Waals surface area contributed by atoms with E-state index in [-0.39, 0.29) is 18.7 Å². The van der Waals surface area contributed by atoms with Gasteiger partial charge in [0, 0.05) is 6.04 Å². The maximum absolute atomic E-state index is 12.8. The number of carbonyl (C=O) groups excluding carboxylic acids is 1. The lowest BCUT2D eigenvalue weighted by Gasteiger charge is -2.25. The number of ether oxygens (including phenoxy) is 1. The van der Waals surface area contributed by atoms with Crippen LogP contribution in [0, 0.1) is 0 Å². The second kappa shape index (κ2) is 5.85. The highest BCUT2D eigenvalue weighted by Gasteiger charge is 2.35. The van der Waals surface area contributed by atoms with Gasteiger partial charge in [-0.15, -0.1) is 0 Å². The highest BCUT2D eigenvalue weighted by molar-refractivity contribution is 5.69. The lowest BCUT2D eigenvalue weighted by atomic mass is 10.2. The number of hydrogen-bond donors (Lipinski definition) is 0. The van der Waals surface area contributed by atoms with E-state index in [2.05, 4.69) is 0 Å². The van der Waals surface area contributed by atoms with Gasteiger partial charge in [-0.05, 0) is 25.3 Å². The normalized spacial score (nSPS) is 23.1. The van der Waals surface area contributed by atoms with Crippen LogP contribution in [-0.4, -0.2) is 29.8 Å². The summed E-state index contributed by atoms with van der Waals surface area (Å²) < 4.78 is 18.0. The van der Waals surface area contributed by atoms with Gasteiger partial charge in [-0.1, -0.05) is 30.3 Å². The molecule has 0 bridgehead atoms. The standard InChI is InChI=1S/C14H18FNO2/c1-11-7-8-13(9-15)16(11)14(17)18-10-12-5-3-2-4-6-12/h2-6,11,13H,7-10H2,1H3. The quantitative estimate of drug-likeness (QED) is 0.826.